The molecule has 0 unspecified atom stereocenters. The quantitative estimate of drug-likeness (QED) is 0.211. The van der Waals surface area contributed by atoms with Crippen LogP contribution in [0.5, 0.6) is 0 Å². The van der Waals surface area contributed by atoms with Crippen molar-refractivity contribution < 1.29 is 4.92 Å². The smallest absolute Gasteiger partial charge is 0.269 e. The van der Waals surface area contributed by atoms with E-state index in [1.54, 1.807) is 12.1 Å². The van der Waals surface area contributed by atoms with Crippen LogP contribution in [0.15, 0.2) is 109 Å². The first-order chi connectivity index (χ1) is 18.2. The molecule has 4 aromatic carbocycles. The highest BCUT2D eigenvalue weighted by Gasteiger charge is 2.23. The van der Waals surface area contributed by atoms with E-state index in [1.165, 1.54) is 12.1 Å². The Balaban J connectivity index is 1.67. The molecule has 3 aromatic heterocycles. The molecule has 0 radical (unpaired) electrons. The van der Waals surface area contributed by atoms with Gasteiger partial charge in [0.2, 0.25) is 0 Å². The van der Waals surface area contributed by atoms with Gasteiger partial charge in [-0.05, 0) is 23.8 Å². The molecule has 176 valence electrons. The lowest BCUT2D eigenvalue weighted by Crippen LogP contribution is -1.99. The maximum absolute atomic E-state index is 11.3. The molecule has 0 bridgehead atoms. The number of aromatic amines is 1. The van der Waals surface area contributed by atoms with Crippen LogP contribution in [0.25, 0.3) is 61.0 Å². The van der Waals surface area contributed by atoms with Gasteiger partial charge in [-0.1, -0.05) is 78.9 Å². The van der Waals surface area contributed by atoms with Gasteiger partial charge in [0, 0.05) is 34.0 Å². The van der Waals surface area contributed by atoms with Gasteiger partial charge in [0.25, 0.3) is 5.69 Å². The van der Waals surface area contributed by atoms with Crippen LogP contribution in [-0.4, -0.2) is 24.7 Å². The first kappa shape index (κ1) is 21.0. The maximum Gasteiger partial charge on any atom is 0.269 e. The summed E-state index contributed by atoms with van der Waals surface area (Å²) in [6, 6.07) is 35.0. The van der Waals surface area contributed by atoms with Gasteiger partial charge >= 0.3 is 0 Å². The van der Waals surface area contributed by atoms with Crippen LogP contribution < -0.4 is 0 Å². The Kier molecular flexibility index (Phi) is 4.62. The van der Waals surface area contributed by atoms with E-state index >= 15 is 0 Å². The van der Waals surface area contributed by atoms with Crippen LogP contribution in [0.4, 0.5) is 5.69 Å². The number of H-pyrrole nitrogens is 1. The minimum Gasteiger partial charge on any atom is -0.291 e. The minimum absolute atomic E-state index is 0.0350. The second-order valence-electron chi connectivity index (χ2n) is 8.84. The summed E-state index contributed by atoms with van der Waals surface area (Å²) in [7, 11) is 0. The van der Waals surface area contributed by atoms with Crippen molar-refractivity contribution in [3.63, 3.8) is 0 Å². The van der Waals surface area contributed by atoms with E-state index in [4.69, 9.17) is 9.97 Å². The zero-order valence-corrected chi connectivity index (χ0v) is 19.5. The Morgan fingerprint density at radius 3 is 2.05 bits per heavy atom. The number of rotatable bonds is 4. The Morgan fingerprint density at radius 2 is 1.35 bits per heavy atom. The van der Waals surface area contributed by atoms with Crippen molar-refractivity contribution in [1.82, 2.24) is 19.7 Å². The van der Waals surface area contributed by atoms with Crippen molar-refractivity contribution in [3.05, 3.63) is 119 Å². The lowest BCUT2D eigenvalue weighted by molar-refractivity contribution is -0.384. The number of nitrogens with zero attached hydrogens (tertiary/aromatic N) is 4. The molecule has 0 aliphatic rings. The highest BCUT2D eigenvalue weighted by Crippen LogP contribution is 2.43. The van der Waals surface area contributed by atoms with Crippen molar-refractivity contribution >= 4 is 38.7 Å². The summed E-state index contributed by atoms with van der Waals surface area (Å²) in [5.74, 6) is 0. The van der Waals surface area contributed by atoms with E-state index in [2.05, 4.69) is 35.4 Å². The molecule has 37 heavy (non-hydrogen) atoms. The Hall–Kier alpha value is -5.30. The normalized spacial score (nSPS) is 11.5. The van der Waals surface area contributed by atoms with Crippen molar-refractivity contribution in [2.75, 3.05) is 0 Å². The van der Waals surface area contributed by atoms with Crippen LogP contribution >= 0.6 is 0 Å². The first-order valence-electron chi connectivity index (χ1n) is 11.9. The Bertz CT molecular complexity index is 1940. The molecule has 0 saturated heterocycles. The molecule has 0 aliphatic heterocycles. The molecule has 7 nitrogen and oxygen atoms in total. The monoisotopic (exact) mass is 481 g/mol. The number of non-ortho nitro benzene ring substituents is 1. The van der Waals surface area contributed by atoms with Gasteiger partial charge in [0.1, 0.15) is 0 Å². The van der Waals surface area contributed by atoms with Gasteiger partial charge in [-0.2, -0.15) is 0 Å². The third kappa shape index (κ3) is 3.29. The van der Waals surface area contributed by atoms with Crippen LogP contribution in [0.3, 0.4) is 0 Å². The van der Waals surface area contributed by atoms with Gasteiger partial charge in [0.15, 0.2) is 11.3 Å². The molecule has 7 aromatic rings. The topological polar surface area (TPSA) is 89.6 Å². The molecule has 3 heterocycles. The zero-order chi connectivity index (χ0) is 24.9. The van der Waals surface area contributed by atoms with Gasteiger partial charge in [-0.25, -0.2) is 14.6 Å². The number of pyridine rings is 1. The zero-order valence-electron chi connectivity index (χ0n) is 19.5. The average molecular weight is 482 g/mol. The number of nitro groups is 1. The second kappa shape index (κ2) is 8.13. The molecule has 0 fully saturated rings. The standard InChI is InChI=1S/C30H19N5O2/c36-35(37)22-17-15-21(16-18-22)34-30-27(28(33-34)20-11-5-2-6-12-20)25(19-9-3-1-4-10-19)26-23-13-7-8-14-24(23)31-29(26)32-30/h1-18,33H. The maximum atomic E-state index is 11.3. The molecule has 0 atom stereocenters. The molecule has 7 heteroatoms. The molecular weight excluding hydrogens is 462 g/mol. The third-order valence-corrected chi connectivity index (χ3v) is 6.69. The predicted octanol–water partition coefficient (Wildman–Crippen LogP) is 7.30. The number of aromatic nitrogens is 4. The fraction of sp³-hybridized carbons (Fsp3) is 0. The van der Waals surface area contributed by atoms with E-state index in [9.17, 15) is 10.1 Å². The molecule has 0 saturated carbocycles. The number of hydrogen-bond donors (Lipinski definition) is 1. The largest absolute Gasteiger partial charge is 0.291 e. The third-order valence-electron chi connectivity index (χ3n) is 6.69. The average Bonchev–Trinajstić information content (AvgIpc) is 3.51. The molecular formula is C30H19N5O2. The predicted molar refractivity (Wildman–Crippen MR) is 146 cm³/mol. The van der Waals surface area contributed by atoms with Crippen LogP contribution in [0, 0.1) is 10.1 Å². The summed E-state index contributed by atoms with van der Waals surface area (Å²) >= 11 is 0. The summed E-state index contributed by atoms with van der Waals surface area (Å²) < 4.78 is 1.88. The van der Waals surface area contributed by atoms with Crippen molar-refractivity contribution in [2.45, 2.75) is 0 Å². The molecule has 0 spiro atoms. The van der Waals surface area contributed by atoms with E-state index in [-0.39, 0.29) is 5.69 Å². The van der Waals surface area contributed by atoms with Crippen molar-refractivity contribution in [1.29, 1.82) is 0 Å². The van der Waals surface area contributed by atoms with Crippen LogP contribution in [0.1, 0.15) is 0 Å². The fourth-order valence-corrected chi connectivity index (χ4v) is 5.03. The van der Waals surface area contributed by atoms with E-state index in [1.807, 2.05) is 59.3 Å². The number of hydrogen-bond acceptors (Lipinski definition) is 4. The highest BCUT2D eigenvalue weighted by atomic mass is 16.6. The molecule has 7 rings (SSSR count). The number of benzene rings is 4. The lowest BCUT2D eigenvalue weighted by Gasteiger charge is -2.09. The molecule has 0 amide bonds. The molecule has 0 aliphatic carbocycles. The SMILES string of the molecule is O=[N+]([O-])c1ccc(-n2[nH]c(-c3ccccc3)c3c(-c4ccccc4)c4c(nc5ccccc54)nc32)cc1. The summed E-state index contributed by atoms with van der Waals surface area (Å²) in [6.45, 7) is 0. The van der Waals surface area contributed by atoms with Gasteiger partial charge < -0.3 is 0 Å². The summed E-state index contributed by atoms with van der Waals surface area (Å²) in [5, 5.41) is 17.8. The summed E-state index contributed by atoms with van der Waals surface area (Å²) in [4.78, 5) is 20.8. The Morgan fingerprint density at radius 1 is 0.703 bits per heavy atom. The number of nitrogens with one attached hydrogen (secondary N) is 1. The minimum atomic E-state index is -0.397. The van der Waals surface area contributed by atoms with E-state index < -0.39 is 4.92 Å². The number of para-hydroxylation sites is 1. The Labute approximate surface area is 210 Å². The summed E-state index contributed by atoms with van der Waals surface area (Å²) in [5.41, 5.74) is 7.04. The number of fused-ring (bicyclic) bond motifs is 4. The van der Waals surface area contributed by atoms with Crippen LogP contribution in [0.2, 0.25) is 0 Å². The summed E-state index contributed by atoms with van der Waals surface area (Å²) in [6.07, 6.45) is 0. The van der Waals surface area contributed by atoms with Crippen LogP contribution in [-0.2, 0) is 0 Å². The lowest BCUT2D eigenvalue weighted by atomic mass is 9.95. The van der Waals surface area contributed by atoms with Crippen molar-refractivity contribution in [3.8, 4) is 28.1 Å². The van der Waals surface area contributed by atoms with E-state index in [0.717, 1.165) is 49.7 Å². The molecule has 1 N–H and O–H groups in total. The number of nitro benzene ring substituents is 1. The first-order valence-corrected chi connectivity index (χ1v) is 11.9. The van der Waals surface area contributed by atoms with Gasteiger partial charge in [0.05, 0.1) is 27.2 Å². The second-order valence-corrected chi connectivity index (χ2v) is 8.84. The van der Waals surface area contributed by atoms with E-state index in [0.29, 0.717) is 11.3 Å². The fourth-order valence-electron chi connectivity index (χ4n) is 5.03. The van der Waals surface area contributed by atoms with Gasteiger partial charge in [-0.3, -0.25) is 15.2 Å². The highest BCUT2D eigenvalue weighted by molar-refractivity contribution is 6.21. The van der Waals surface area contributed by atoms with Crippen molar-refractivity contribution in [2.24, 2.45) is 0 Å². The van der Waals surface area contributed by atoms with Gasteiger partial charge in [-0.15, -0.1) is 0 Å².